The number of ether oxygens (including phenoxy) is 2. The van der Waals surface area contributed by atoms with Crippen LogP contribution in [-0.2, 0) is 4.79 Å². The van der Waals surface area contributed by atoms with Gasteiger partial charge in [-0.3, -0.25) is 9.59 Å². The fourth-order valence-corrected chi connectivity index (χ4v) is 2.87. The lowest BCUT2D eigenvalue weighted by molar-refractivity contribution is -0.126. The van der Waals surface area contributed by atoms with Crippen molar-refractivity contribution in [2.75, 3.05) is 7.11 Å². The number of ketones is 2. The van der Waals surface area contributed by atoms with Crippen LogP contribution in [0.5, 0.6) is 11.5 Å². The molecule has 1 heterocycles. The molecule has 3 rings (SSSR count). The summed E-state index contributed by atoms with van der Waals surface area (Å²) >= 11 is 0. The molecule has 0 aromatic heterocycles. The lowest BCUT2D eigenvalue weighted by Gasteiger charge is -2.26. The average molecular weight is 274 g/mol. The molecule has 1 aliphatic heterocycles. The van der Waals surface area contributed by atoms with Crippen molar-refractivity contribution in [3.05, 3.63) is 34.9 Å². The second-order valence-electron chi connectivity index (χ2n) is 5.12. The molecule has 0 radical (unpaired) electrons. The molecule has 0 amide bonds. The van der Waals surface area contributed by atoms with E-state index in [0.29, 0.717) is 28.2 Å². The zero-order chi connectivity index (χ0) is 14.7. The van der Waals surface area contributed by atoms with Crippen LogP contribution in [0, 0.1) is 6.92 Å². The lowest BCUT2D eigenvalue weighted by Crippen LogP contribution is -2.51. The number of Topliss-reactive ketones (excluding diaryl/α,β-unsaturated/α-hetero) is 1. The minimum absolute atomic E-state index is 0.341. The zero-order valence-electron chi connectivity index (χ0n) is 11.4. The number of aliphatic hydroxyl groups is 1. The van der Waals surface area contributed by atoms with E-state index in [4.69, 9.17) is 9.47 Å². The highest BCUT2D eigenvalue weighted by molar-refractivity contribution is 6.17. The second kappa shape index (κ2) is 3.93. The highest BCUT2D eigenvalue weighted by atomic mass is 16.5. The summed E-state index contributed by atoms with van der Waals surface area (Å²) in [4.78, 5) is 24.4. The number of carbonyl (C=O) groups is 2. The molecule has 0 saturated carbocycles. The summed E-state index contributed by atoms with van der Waals surface area (Å²) in [6, 6.07) is 3.32. The van der Waals surface area contributed by atoms with Gasteiger partial charge in [0.1, 0.15) is 11.5 Å². The number of fused-ring (bicyclic) bond motifs is 1. The van der Waals surface area contributed by atoms with Crippen molar-refractivity contribution in [3.8, 4) is 11.5 Å². The van der Waals surface area contributed by atoms with Crippen LogP contribution in [0.1, 0.15) is 22.8 Å². The third-order valence-electron chi connectivity index (χ3n) is 3.94. The van der Waals surface area contributed by atoms with Gasteiger partial charge in [-0.15, -0.1) is 0 Å². The van der Waals surface area contributed by atoms with Crippen molar-refractivity contribution in [2.45, 2.75) is 25.6 Å². The Balaban J connectivity index is 2.19. The molecule has 1 spiro atoms. The van der Waals surface area contributed by atoms with E-state index in [1.165, 1.54) is 13.2 Å². The maximum absolute atomic E-state index is 12.7. The van der Waals surface area contributed by atoms with Gasteiger partial charge in [0.05, 0.1) is 12.7 Å². The van der Waals surface area contributed by atoms with Crippen molar-refractivity contribution in [1.29, 1.82) is 0 Å². The molecule has 1 aromatic rings. The third-order valence-corrected chi connectivity index (χ3v) is 3.94. The van der Waals surface area contributed by atoms with Crippen molar-refractivity contribution in [3.63, 3.8) is 0 Å². The van der Waals surface area contributed by atoms with Gasteiger partial charge >= 0.3 is 0 Å². The van der Waals surface area contributed by atoms with E-state index in [1.54, 1.807) is 26.0 Å². The quantitative estimate of drug-likeness (QED) is 0.833. The van der Waals surface area contributed by atoms with Crippen LogP contribution in [0.3, 0.4) is 0 Å². The number of benzene rings is 1. The van der Waals surface area contributed by atoms with Crippen molar-refractivity contribution in [2.24, 2.45) is 0 Å². The Kier molecular flexibility index (Phi) is 2.53. The predicted octanol–water partition coefficient (Wildman–Crippen LogP) is 1.21. The molecule has 1 N–H and O–H groups in total. The molecule has 2 aliphatic rings. The number of rotatable bonds is 1. The van der Waals surface area contributed by atoms with E-state index < -0.39 is 17.5 Å². The van der Waals surface area contributed by atoms with Crippen LogP contribution in [0.25, 0.3) is 0 Å². The van der Waals surface area contributed by atoms with Gasteiger partial charge in [-0.2, -0.15) is 0 Å². The Labute approximate surface area is 115 Å². The van der Waals surface area contributed by atoms with Crippen LogP contribution in [0.2, 0.25) is 0 Å². The van der Waals surface area contributed by atoms with E-state index in [1.807, 2.05) is 0 Å². The van der Waals surface area contributed by atoms with Crippen molar-refractivity contribution in [1.82, 2.24) is 0 Å². The SMILES string of the molecule is COc1cc(C)c2c(c1)OC1(C2=O)C(C)=CC(=O)C1O. The van der Waals surface area contributed by atoms with Crippen molar-refractivity contribution >= 4 is 11.6 Å². The Morgan fingerprint density at radius 3 is 2.55 bits per heavy atom. The number of aryl methyl sites for hydroxylation is 1. The van der Waals surface area contributed by atoms with Gasteiger partial charge in [-0.1, -0.05) is 0 Å². The summed E-state index contributed by atoms with van der Waals surface area (Å²) in [5, 5.41) is 10.1. The molecule has 1 aliphatic carbocycles. The molecule has 20 heavy (non-hydrogen) atoms. The number of hydrogen-bond acceptors (Lipinski definition) is 5. The van der Waals surface area contributed by atoms with Crippen LogP contribution >= 0.6 is 0 Å². The minimum Gasteiger partial charge on any atom is -0.497 e. The number of aliphatic hydroxyl groups excluding tert-OH is 1. The first-order chi connectivity index (χ1) is 9.41. The number of carbonyl (C=O) groups excluding carboxylic acids is 2. The fraction of sp³-hybridized carbons (Fsp3) is 0.333. The highest BCUT2D eigenvalue weighted by Crippen LogP contribution is 2.46. The molecule has 0 bridgehead atoms. The van der Waals surface area contributed by atoms with Crippen LogP contribution in [0.15, 0.2) is 23.8 Å². The molecule has 104 valence electrons. The third kappa shape index (κ3) is 1.35. The first-order valence-electron chi connectivity index (χ1n) is 6.25. The standard InChI is InChI=1S/C15H14O5/c1-7-4-9(19-3)6-11-12(7)14(18)15(20-11)8(2)5-10(16)13(15)17/h4-6,13,17H,1-3H3. The largest absolute Gasteiger partial charge is 0.497 e. The first-order valence-corrected chi connectivity index (χ1v) is 6.25. The number of hydrogen-bond donors (Lipinski definition) is 1. The van der Waals surface area contributed by atoms with E-state index in [9.17, 15) is 14.7 Å². The predicted molar refractivity (Wildman–Crippen MR) is 70.2 cm³/mol. The molecule has 2 atom stereocenters. The van der Waals surface area contributed by atoms with Crippen LogP contribution in [0.4, 0.5) is 0 Å². The maximum atomic E-state index is 12.7. The summed E-state index contributed by atoms with van der Waals surface area (Å²) in [7, 11) is 1.52. The maximum Gasteiger partial charge on any atom is 0.226 e. The van der Waals surface area contributed by atoms with E-state index in [2.05, 4.69) is 0 Å². The molecular weight excluding hydrogens is 260 g/mol. The van der Waals surface area contributed by atoms with Gasteiger partial charge < -0.3 is 14.6 Å². The summed E-state index contributed by atoms with van der Waals surface area (Å²) in [6.07, 6.45) is -0.228. The van der Waals surface area contributed by atoms with Crippen molar-refractivity contribution < 1.29 is 24.2 Å². The van der Waals surface area contributed by atoms with Gasteiger partial charge in [0.25, 0.3) is 0 Å². The minimum atomic E-state index is -1.60. The summed E-state index contributed by atoms with van der Waals surface area (Å²) in [6.45, 7) is 3.38. The molecule has 0 fully saturated rings. The monoisotopic (exact) mass is 274 g/mol. The van der Waals surface area contributed by atoms with Gasteiger partial charge in [0.15, 0.2) is 11.9 Å². The molecule has 1 aromatic carbocycles. The number of methoxy groups -OCH3 is 1. The Bertz CT molecular complexity index is 673. The molecule has 0 saturated heterocycles. The summed E-state index contributed by atoms with van der Waals surface area (Å²) in [5.74, 6) is 0.0212. The second-order valence-corrected chi connectivity index (χ2v) is 5.12. The van der Waals surface area contributed by atoms with Gasteiger partial charge in [0, 0.05) is 6.07 Å². The van der Waals surface area contributed by atoms with Gasteiger partial charge in [0.2, 0.25) is 11.4 Å². The Morgan fingerprint density at radius 2 is 2.00 bits per heavy atom. The first kappa shape index (κ1) is 12.9. The summed E-state index contributed by atoms with van der Waals surface area (Å²) < 4.78 is 10.9. The average Bonchev–Trinajstić information content (AvgIpc) is 2.82. The Morgan fingerprint density at radius 1 is 1.30 bits per heavy atom. The topological polar surface area (TPSA) is 72.8 Å². The zero-order valence-corrected chi connectivity index (χ0v) is 11.4. The van der Waals surface area contributed by atoms with E-state index in [-0.39, 0.29) is 5.78 Å². The lowest BCUT2D eigenvalue weighted by atomic mass is 9.86. The summed E-state index contributed by atoms with van der Waals surface area (Å²) in [5.41, 5.74) is -0.0845. The van der Waals surface area contributed by atoms with Gasteiger partial charge in [-0.05, 0) is 37.1 Å². The smallest absolute Gasteiger partial charge is 0.226 e. The highest BCUT2D eigenvalue weighted by Gasteiger charge is 2.60. The van der Waals surface area contributed by atoms with Crippen LogP contribution in [-0.4, -0.2) is 35.5 Å². The van der Waals surface area contributed by atoms with Gasteiger partial charge in [-0.25, -0.2) is 0 Å². The van der Waals surface area contributed by atoms with E-state index in [0.717, 1.165) is 0 Å². The molecule has 5 nitrogen and oxygen atoms in total. The fourth-order valence-electron chi connectivity index (χ4n) is 2.87. The molecular formula is C15H14O5. The molecule has 5 heteroatoms. The van der Waals surface area contributed by atoms with E-state index >= 15 is 0 Å². The normalized spacial score (nSPS) is 27.6. The molecule has 2 unspecified atom stereocenters. The van der Waals surface area contributed by atoms with Crippen LogP contribution < -0.4 is 9.47 Å². The Hall–Kier alpha value is -2.14.